The van der Waals surface area contributed by atoms with Crippen LogP contribution in [-0.4, -0.2) is 42.1 Å². The zero-order chi connectivity index (χ0) is 13.1. The van der Waals surface area contributed by atoms with Crippen LogP contribution in [0.5, 0.6) is 5.88 Å². The average Bonchev–Trinajstić information content (AvgIpc) is 2.86. The van der Waals surface area contributed by atoms with Gasteiger partial charge in [0.05, 0.1) is 13.2 Å². The lowest BCUT2D eigenvalue weighted by atomic mass is 9.96. The van der Waals surface area contributed by atoms with Crippen molar-refractivity contribution in [3.8, 4) is 5.88 Å². The van der Waals surface area contributed by atoms with E-state index in [1.165, 1.54) is 13.2 Å². The first-order chi connectivity index (χ1) is 8.61. The molecular weight excluding hydrogens is 238 g/mol. The Kier molecular flexibility index (Phi) is 3.50. The lowest BCUT2D eigenvalue weighted by molar-refractivity contribution is -0.123. The number of nitrogens with zero attached hydrogens (tertiary/aromatic N) is 2. The lowest BCUT2D eigenvalue weighted by Gasteiger charge is -2.29. The fourth-order valence-electron chi connectivity index (χ4n) is 1.98. The average molecular weight is 253 g/mol. The van der Waals surface area contributed by atoms with Gasteiger partial charge in [0.15, 0.2) is 0 Å². The number of rotatable bonds is 3. The van der Waals surface area contributed by atoms with Crippen molar-refractivity contribution in [1.29, 1.82) is 0 Å². The molecule has 0 aromatic carbocycles. The number of methoxy groups -OCH3 is 1. The fraction of sp³-hybridized carbons (Fsp3) is 0.545. The Morgan fingerprint density at radius 3 is 2.67 bits per heavy atom. The van der Waals surface area contributed by atoms with Gasteiger partial charge in [0.1, 0.15) is 0 Å². The second-order valence-electron chi connectivity index (χ2n) is 4.20. The molecule has 0 bridgehead atoms. The number of nitrogens with two attached hydrogens (primary N) is 1. The number of aromatic nitrogens is 1. The molecule has 1 saturated heterocycles. The summed E-state index contributed by atoms with van der Waals surface area (Å²) < 4.78 is 9.73. The van der Waals surface area contributed by atoms with E-state index in [1.54, 1.807) is 4.90 Å². The zero-order valence-electron chi connectivity index (χ0n) is 10.1. The molecule has 7 heteroatoms. The van der Waals surface area contributed by atoms with Crippen LogP contribution >= 0.6 is 0 Å². The summed E-state index contributed by atoms with van der Waals surface area (Å²) in [4.78, 5) is 24.7. The van der Waals surface area contributed by atoms with Gasteiger partial charge in [-0.15, -0.1) is 0 Å². The van der Waals surface area contributed by atoms with Crippen LogP contribution in [0.1, 0.15) is 23.4 Å². The summed E-state index contributed by atoms with van der Waals surface area (Å²) in [5.74, 6) is -0.273. The molecule has 1 aromatic rings. The smallest absolute Gasteiger partial charge is 0.292 e. The minimum Gasteiger partial charge on any atom is -0.479 e. The highest BCUT2D eigenvalue weighted by molar-refractivity contribution is 5.91. The SMILES string of the molecule is COc1cc(C(=O)N2CCC(C(N)=O)CC2)on1. The third-order valence-corrected chi connectivity index (χ3v) is 3.09. The molecule has 0 spiro atoms. The highest BCUT2D eigenvalue weighted by Gasteiger charge is 2.28. The lowest BCUT2D eigenvalue weighted by Crippen LogP contribution is -2.41. The number of carbonyl (C=O) groups excluding carboxylic acids is 2. The van der Waals surface area contributed by atoms with Gasteiger partial charge in [0.25, 0.3) is 11.8 Å². The van der Waals surface area contributed by atoms with Gasteiger partial charge in [-0.3, -0.25) is 9.59 Å². The molecule has 2 N–H and O–H groups in total. The van der Waals surface area contributed by atoms with E-state index in [9.17, 15) is 9.59 Å². The number of primary amides is 1. The molecule has 18 heavy (non-hydrogen) atoms. The minimum absolute atomic E-state index is 0.140. The van der Waals surface area contributed by atoms with E-state index >= 15 is 0 Å². The molecule has 1 aliphatic heterocycles. The van der Waals surface area contributed by atoms with Crippen molar-refractivity contribution in [2.75, 3.05) is 20.2 Å². The van der Waals surface area contributed by atoms with Crippen molar-refractivity contribution in [1.82, 2.24) is 10.1 Å². The van der Waals surface area contributed by atoms with E-state index in [0.29, 0.717) is 25.9 Å². The molecule has 2 heterocycles. The quantitative estimate of drug-likeness (QED) is 0.818. The summed E-state index contributed by atoms with van der Waals surface area (Å²) in [6.45, 7) is 0.991. The Hall–Kier alpha value is -2.05. The van der Waals surface area contributed by atoms with Gasteiger partial charge in [0.2, 0.25) is 11.7 Å². The second-order valence-corrected chi connectivity index (χ2v) is 4.20. The van der Waals surface area contributed by atoms with E-state index in [4.69, 9.17) is 15.0 Å². The zero-order valence-corrected chi connectivity index (χ0v) is 10.1. The molecule has 0 saturated carbocycles. The highest BCUT2D eigenvalue weighted by atomic mass is 16.5. The van der Waals surface area contributed by atoms with Gasteiger partial charge in [-0.2, -0.15) is 0 Å². The molecule has 2 amide bonds. The van der Waals surface area contributed by atoms with E-state index in [1.807, 2.05) is 0 Å². The molecule has 1 aromatic heterocycles. The second kappa shape index (κ2) is 5.07. The van der Waals surface area contributed by atoms with Crippen LogP contribution in [0.2, 0.25) is 0 Å². The van der Waals surface area contributed by atoms with Gasteiger partial charge < -0.3 is 19.9 Å². The van der Waals surface area contributed by atoms with Crippen molar-refractivity contribution in [2.24, 2.45) is 11.7 Å². The van der Waals surface area contributed by atoms with Gasteiger partial charge >= 0.3 is 0 Å². The largest absolute Gasteiger partial charge is 0.479 e. The molecule has 1 aliphatic rings. The highest BCUT2D eigenvalue weighted by Crippen LogP contribution is 2.20. The Labute approximate surface area is 104 Å². The Morgan fingerprint density at radius 1 is 1.50 bits per heavy atom. The summed E-state index contributed by atoms with van der Waals surface area (Å²) in [6, 6.07) is 1.45. The number of carbonyl (C=O) groups is 2. The monoisotopic (exact) mass is 253 g/mol. The van der Waals surface area contributed by atoms with Crippen molar-refractivity contribution in [3.63, 3.8) is 0 Å². The van der Waals surface area contributed by atoms with Crippen molar-refractivity contribution in [3.05, 3.63) is 11.8 Å². The molecule has 0 aliphatic carbocycles. The number of piperidine rings is 1. The van der Waals surface area contributed by atoms with Gasteiger partial charge in [-0.05, 0) is 18.0 Å². The van der Waals surface area contributed by atoms with E-state index in [-0.39, 0.29) is 29.4 Å². The summed E-state index contributed by atoms with van der Waals surface area (Å²) in [6.07, 6.45) is 1.18. The summed E-state index contributed by atoms with van der Waals surface area (Å²) in [7, 11) is 1.45. The summed E-state index contributed by atoms with van der Waals surface area (Å²) in [5, 5.41) is 3.57. The summed E-state index contributed by atoms with van der Waals surface area (Å²) >= 11 is 0. The number of ether oxygens (including phenoxy) is 1. The van der Waals surface area contributed by atoms with Crippen LogP contribution in [-0.2, 0) is 4.79 Å². The molecular formula is C11H15N3O4. The maximum absolute atomic E-state index is 12.0. The molecule has 7 nitrogen and oxygen atoms in total. The first-order valence-corrected chi connectivity index (χ1v) is 5.71. The van der Waals surface area contributed by atoms with Crippen molar-refractivity contribution >= 4 is 11.8 Å². The minimum atomic E-state index is -0.302. The molecule has 0 atom stereocenters. The molecule has 2 rings (SSSR count). The van der Waals surface area contributed by atoms with Gasteiger partial charge in [-0.25, -0.2) is 0 Å². The molecule has 98 valence electrons. The summed E-state index contributed by atoms with van der Waals surface area (Å²) in [5.41, 5.74) is 5.23. The van der Waals surface area contributed by atoms with Gasteiger partial charge in [0, 0.05) is 19.0 Å². The third kappa shape index (κ3) is 2.44. The van der Waals surface area contributed by atoms with Crippen molar-refractivity contribution < 1.29 is 18.8 Å². The topological polar surface area (TPSA) is 98.7 Å². The first-order valence-electron chi connectivity index (χ1n) is 5.71. The van der Waals surface area contributed by atoms with E-state index in [2.05, 4.69) is 5.16 Å². The Balaban J connectivity index is 1.97. The number of hydrogen-bond acceptors (Lipinski definition) is 5. The molecule has 0 radical (unpaired) electrons. The van der Waals surface area contributed by atoms with Crippen LogP contribution in [0.3, 0.4) is 0 Å². The van der Waals surface area contributed by atoms with Crippen LogP contribution in [0, 0.1) is 5.92 Å². The number of likely N-dealkylation sites (tertiary alicyclic amines) is 1. The van der Waals surface area contributed by atoms with E-state index in [0.717, 1.165) is 0 Å². The van der Waals surface area contributed by atoms with Crippen LogP contribution in [0.4, 0.5) is 0 Å². The predicted octanol–water partition coefficient (Wildman–Crippen LogP) is 0.0207. The van der Waals surface area contributed by atoms with Crippen LogP contribution < -0.4 is 10.5 Å². The van der Waals surface area contributed by atoms with Crippen LogP contribution in [0.25, 0.3) is 0 Å². The van der Waals surface area contributed by atoms with Crippen molar-refractivity contribution in [2.45, 2.75) is 12.8 Å². The predicted molar refractivity (Wildman–Crippen MR) is 60.9 cm³/mol. The Bertz CT molecular complexity index is 449. The number of amides is 2. The molecule has 1 fully saturated rings. The van der Waals surface area contributed by atoms with E-state index < -0.39 is 0 Å². The maximum Gasteiger partial charge on any atom is 0.292 e. The maximum atomic E-state index is 12.0. The third-order valence-electron chi connectivity index (χ3n) is 3.09. The molecule has 0 unspecified atom stereocenters. The number of hydrogen-bond donors (Lipinski definition) is 1. The normalized spacial score (nSPS) is 16.6. The van der Waals surface area contributed by atoms with Gasteiger partial charge in [-0.1, -0.05) is 0 Å². The first kappa shape index (κ1) is 12.4. The van der Waals surface area contributed by atoms with Crippen LogP contribution in [0.15, 0.2) is 10.6 Å². The fourth-order valence-corrected chi connectivity index (χ4v) is 1.98. The standard InChI is InChI=1S/C11H15N3O4/c1-17-9-6-8(18-13-9)11(16)14-4-2-7(3-5-14)10(12)15/h6-7H,2-5H2,1H3,(H2,12,15). The Morgan fingerprint density at radius 2 is 2.17 bits per heavy atom.